The summed E-state index contributed by atoms with van der Waals surface area (Å²) in [5.41, 5.74) is -0.804. The fraction of sp³-hybridized carbons (Fsp3) is 0.667. The third kappa shape index (κ3) is 1.89. The normalized spacial score (nSPS) is 33.4. The molecule has 2 fully saturated rings. The Balaban J connectivity index is 2.18. The van der Waals surface area contributed by atoms with Gasteiger partial charge in [-0.2, -0.15) is 0 Å². The van der Waals surface area contributed by atoms with E-state index in [-0.39, 0.29) is 24.4 Å². The van der Waals surface area contributed by atoms with Gasteiger partial charge in [-0.1, -0.05) is 5.92 Å². The zero-order valence-corrected chi connectivity index (χ0v) is 9.95. The largest absolute Gasteiger partial charge is 0.325 e. The Morgan fingerprint density at radius 1 is 1.59 bits per heavy atom. The number of hydrogen-bond donors (Lipinski definition) is 2. The van der Waals surface area contributed by atoms with Crippen molar-refractivity contribution in [1.82, 2.24) is 15.5 Å². The van der Waals surface area contributed by atoms with Gasteiger partial charge in [-0.25, -0.2) is 4.79 Å². The number of urea groups is 1. The summed E-state index contributed by atoms with van der Waals surface area (Å²) in [6, 6.07) is -0.374. The third-order valence-corrected chi connectivity index (χ3v) is 3.66. The number of rotatable bonds is 2. The van der Waals surface area contributed by atoms with Crippen molar-refractivity contribution in [2.75, 3.05) is 19.6 Å². The molecule has 2 N–H and O–H groups in total. The summed E-state index contributed by atoms with van der Waals surface area (Å²) in [6.07, 6.45) is 7.13. The molecule has 3 amide bonds. The minimum Gasteiger partial charge on any atom is -0.323 e. The van der Waals surface area contributed by atoms with Gasteiger partial charge in [0.2, 0.25) is 0 Å². The lowest BCUT2D eigenvalue weighted by Crippen LogP contribution is -2.55. The number of carbonyl (C=O) groups is 2. The maximum Gasteiger partial charge on any atom is 0.325 e. The summed E-state index contributed by atoms with van der Waals surface area (Å²) in [7, 11) is 0. The zero-order valence-electron chi connectivity index (χ0n) is 9.95. The van der Waals surface area contributed by atoms with E-state index in [4.69, 9.17) is 6.42 Å². The second-order valence-electron chi connectivity index (χ2n) is 4.77. The number of terminal acetylenes is 1. The summed E-state index contributed by atoms with van der Waals surface area (Å²) in [5, 5.41) is 6.04. The first-order valence-electron chi connectivity index (χ1n) is 5.88. The Morgan fingerprint density at radius 3 is 2.94 bits per heavy atom. The van der Waals surface area contributed by atoms with Crippen LogP contribution in [0.15, 0.2) is 0 Å². The fourth-order valence-electron chi connectivity index (χ4n) is 2.57. The summed E-state index contributed by atoms with van der Waals surface area (Å²) >= 11 is 0. The summed E-state index contributed by atoms with van der Waals surface area (Å²) in [5.74, 6) is 2.27. The molecule has 2 aliphatic heterocycles. The number of hydrogen-bond acceptors (Lipinski definition) is 3. The lowest BCUT2D eigenvalue weighted by Gasteiger charge is -2.34. The van der Waals surface area contributed by atoms with Crippen LogP contribution in [-0.2, 0) is 4.79 Å². The minimum absolute atomic E-state index is 0.0421. The zero-order chi connectivity index (χ0) is 12.5. The molecule has 2 unspecified atom stereocenters. The number of nitrogens with zero attached hydrogens (tertiary/aromatic N) is 1. The van der Waals surface area contributed by atoms with Gasteiger partial charge in [0.25, 0.3) is 5.91 Å². The topological polar surface area (TPSA) is 61.4 Å². The third-order valence-electron chi connectivity index (χ3n) is 3.66. The number of piperidine rings is 1. The van der Waals surface area contributed by atoms with Crippen molar-refractivity contribution >= 4 is 11.9 Å². The van der Waals surface area contributed by atoms with E-state index >= 15 is 0 Å². The van der Waals surface area contributed by atoms with Gasteiger partial charge in [-0.05, 0) is 26.3 Å². The van der Waals surface area contributed by atoms with Gasteiger partial charge in [0.05, 0.1) is 6.54 Å². The van der Waals surface area contributed by atoms with E-state index in [1.807, 2.05) is 0 Å². The maximum absolute atomic E-state index is 12.2. The number of imide groups is 1. The summed E-state index contributed by atoms with van der Waals surface area (Å²) in [4.78, 5) is 25.1. The molecule has 0 spiro atoms. The van der Waals surface area contributed by atoms with Crippen molar-refractivity contribution in [3.8, 4) is 12.3 Å². The first-order chi connectivity index (χ1) is 8.09. The highest BCUT2D eigenvalue weighted by atomic mass is 16.2. The van der Waals surface area contributed by atoms with E-state index < -0.39 is 5.54 Å². The molecular weight excluding hydrogens is 218 g/mol. The molecule has 0 aromatic rings. The van der Waals surface area contributed by atoms with Crippen molar-refractivity contribution in [3.05, 3.63) is 0 Å². The second kappa shape index (κ2) is 4.38. The molecular formula is C12H17N3O2. The minimum atomic E-state index is -0.804. The van der Waals surface area contributed by atoms with E-state index in [1.54, 1.807) is 6.92 Å². The van der Waals surface area contributed by atoms with E-state index in [2.05, 4.69) is 16.6 Å². The standard InChI is InChI=1S/C12H17N3O2/c1-3-7-15-10(16)12(2,14-11(15)17)9-5-4-6-13-8-9/h1,9,13H,4-8H2,2H3,(H,14,17). The SMILES string of the molecule is C#CCN1C(=O)NC(C)(C2CCCNC2)C1=O. The van der Waals surface area contributed by atoms with Gasteiger partial charge in [-0.3, -0.25) is 9.69 Å². The number of carbonyl (C=O) groups excluding carboxylic acids is 2. The number of nitrogens with one attached hydrogen (secondary N) is 2. The Hall–Kier alpha value is -1.54. The van der Waals surface area contributed by atoms with Crippen LogP contribution >= 0.6 is 0 Å². The lowest BCUT2D eigenvalue weighted by molar-refractivity contribution is -0.132. The van der Waals surface area contributed by atoms with Gasteiger partial charge in [0.15, 0.2) is 0 Å². The molecule has 17 heavy (non-hydrogen) atoms. The number of amides is 3. The predicted molar refractivity (Wildman–Crippen MR) is 63.1 cm³/mol. The molecule has 0 aromatic carbocycles. The van der Waals surface area contributed by atoms with Gasteiger partial charge >= 0.3 is 6.03 Å². The molecule has 0 aliphatic carbocycles. The average molecular weight is 235 g/mol. The second-order valence-corrected chi connectivity index (χ2v) is 4.77. The van der Waals surface area contributed by atoms with Crippen LogP contribution in [0, 0.1) is 18.3 Å². The molecule has 0 radical (unpaired) electrons. The van der Waals surface area contributed by atoms with Gasteiger partial charge in [-0.15, -0.1) is 6.42 Å². The predicted octanol–water partition coefficient (Wildman–Crippen LogP) is -0.0703. The van der Waals surface area contributed by atoms with Crippen LogP contribution in [0.5, 0.6) is 0 Å². The van der Waals surface area contributed by atoms with E-state index in [0.29, 0.717) is 0 Å². The van der Waals surface area contributed by atoms with Crippen LogP contribution in [0.3, 0.4) is 0 Å². The first-order valence-corrected chi connectivity index (χ1v) is 5.88. The quantitative estimate of drug-likeness (QED) is 0.520. The van der Waals surface area contributed by atoms with Crippen molar-refractivity contribution in [1.29, 1.82) is 0 Å². The van der Waals surface area contributed by atoms with Crippen molar-refractivity contribution in [3.63, 3.8) is 0 Å². The van der Waals surface area contributed by atoms with E-state index in [1.165, 1.54) is 0 Å². The molecule has 2 atom stereocenters. The highest BCUT2D eigenvalue weighted by Crippen LogP contribution is 2.30. The van der Waals surface area contributed by atoms with Gasteiger partial charge < -0.3 is 10.6 Å². The first kappa shape index (κ1) is 11.9. The molecule has 0 bridgehead atoms. The van der Waals surface area contributed by atoms with Gasteiger partial charge in [0.1, 0.15) is 5.54 Å². The average Bonchev–Trinajstić information content (AvgIpc) is 2.56. The molecule has 2 saturated heterocycles. The lowest BCUT2D eigenvalue weighted by atomic mass is 9.80. The van der Waals surface area contributed by atoms with Gasteiger partial charge in [0, 0.05) is 12.5 Å². The van der Waals surface area contributed by atoms with E-state index in [0.717, 1.165) is 30.8 Å². The Morgan fingerprint density at radius 2 is 2.35 bits per heavy atom. The van der Waals surface area contributed by atoms with Crippen LogP contribution in [0.1, 0.15) is 19.8 Å². The molecule has 5 nitrogen and oxygen atoms in total. The molecule has 5 heteroatoms. The molecule has 0 saturated carbocycles. The van der Waals surface area contributed by atoms with Crippen LogP contribution in [0.2, 0.25) is 0 Å². The summed E-state index contributed by atoms with van der Waals surface area (Å²) < 4.78 is 0. The van der Waals surface area contributed by atoms with Crippen LogP contribution in [0.25, 0.3) is 0 Å². The van der Waals surface area contributed by atoms with Crippen molar-refractivity contribution < 1.29 is 9.59 Å². The maximum atomic E-state index is 12.2. The highest BCUT2D eigenvalue weighted by Gasteiger charge is 2.52. The Labute approximate surface area is 101 Å². The Kier molecular flexibility index (Phi) is 3.07. The summed E-state index contributed by atoms with van der Waals surface area (Å²) in [6.45, 7) is 3.57. The van der Waals surface area contributed by atoms with Crippen LogP contribution < -0.4 is 10.6 Å². The van der Waals surface area contributed by atoms with Crippen molar-refractivity contribution in [2.24, 2.45) is 5.92 Å². The van der Waals surface area contributed by atoms with Crippen molar-refractivity contribution in [2.45, 2.75) is 25.3 Å². The molecule has 92 valence electrons. The molecule has 2 rings (SSSR count). The van der Waals surface area contributed by atoms with E-state index in [9.17, 15) is 9.59 Å². The fourth-order valence-corrected chi connectivity index (χ4v) is 2.57. The van der Waals surface area contributed by atoms with Crippen LogP contribution in [0.4, 0.5) is 4.79 Å². The molecule has 2 aliphatic rings. The molecule has 0 aromatic heterocycles. The molecule has 2 heterocycles. The Bertz CT molecular complexity index is 382. The highest BCUT2D eigenvalue weighted by molar-refractivity contribution is 6.07. The van der Waals surface area contributed by atoms with Crippen LogP contribution in [-0.4, -0.2) is 42.0 Å². The monoisotopic (exact) mass is 235 g/mol. The smallest absolute Gasteiger partial charge is 0.323 e.